The smallest absolute Gasteiger partial charge is 0.340 e. The number of halogens is 2. The molecule has 0 aliphatic rings. The molecule has 0 aliphatic carbocycles. The van der Waals surface area contributed by atoms with Gasteiger partial charge in [-0.3, -0.25) is 9.59 Å². The molecule has 0 aliphatic heterocycles. The lowest BCUT2D eigenvalue weighted by molar-refractivity contribution is -0.119. The summed E-state index contributed by atoms with van der Waals surface area (Å²) in [5.41, 5.74) is 0.982. The Labute approximate surface area is 148 Å². The van der Waals surface area contributed by atoms with Gasteiger partial charge in [0.2, 0.25) is 0 Å². The summed E-state index contributed by atoms with van der Waals surface area (Å²) in [5.74, 6) is -1.41. The van der Waals surface area contributed by atoms with E-state index >= 15 is 0 Å². The lowest BCUT2D eigenvalue weighted by atomic mass is 10.1. The Bertz CT molecular complexity index is 805. The number of ketones is 1. The van der Waals surface area contributed by atoms with Crippen LogP contribution >= 0.6 is 23.2 Å². The molecule has 0 fully saturated rings. The van der Waals surface area contributed by atoms with Crippen LogP contribution in [0.5, 0.6) is 0 Å². The van der Waals surface area contributed by atoms with Gasteiger partial charge in [-0.25, -0.2) is 4.79 Å². The number of benzene rings is 2. The summed E-state index contributed by atoms with van der Waals surface area (Å²) in [6.45, 7) is 0.934. The first-order chi connectivity index (χ1) is 11.4. The van der Waals surface area contributed by atoms with E-state index in [1.807, 2.05) is 0 Å². The van der Waals surface area contributed by atoms with E-state index in [1.165, 1.54) is 31.2 Å². The van der Waals surface area contributed by atoms with Gasteiger partial charge < -0.3 is 10.1 Å². The Morgan fingerprint density at radius 3 is 2.54 bits per heavy atom. The highest BCUT2D eigenvalue weighted by molar-refractivity contribution is 6.35. The number of ether oxygens (including phenoxy) is 1. The highest BCUT2D eigenvalue weighted by Crippen LogP contribution is 2.21. The zero-order valence-corrected chi connectivity index (χ0v) is 14.1. The Balaban J connectivity index is 1.96. The van der Waals surface area contributed by atoms with Crippen LogP contribution in [0.15, 0.2) is 42.5 Å². The normalized spacial score (nSPS) is 10.1. The molecule has 7 heteroatoms. The maximum Gasteiger partial charge on any atom is 0.340 e. The van der Waals surface area contributed by atoms with Crippen molar-refractivity contribution >= 4 is 46.5 Å². The minimum absolute atomic E-state index is 0.0792. The minimum atomic E-state index is -0.755. The molecule has 0 radical (unpaired) electrons. The van der Waals surface area contributed by atoms with Gasteiger partial charge in [0.1, 0.15) is 0 Å². The second kappa shape index (κ2) is 7.95. The molecule has 0 atom stereocenters. The molecule has 0 aromatic heterocycles. The van der Waals surface area contributed by atoms with Gasteiger partial charge in [0.25, 0.3) is 5.91 Å². The third-order valence-corrected chi connectivity index (χ3v) is 3.60. The zero-order chi connectivity index (χ0) is 17.7. The number of hydrogen-bond donors (Lipinski definition) is 1. The predicted octanol–water partition coefficient (Wildman–Crippen LogP) is 3.99. The molecule has 124 valence electrons. The average Bonchev–Trinajstić information content (AvgIpc) is 2.55. The number of anilines is 1. The third kappa shape index (κ3) is 4.81. The first-order valence-corrected chi connectivity index (χ1v) is 7.65. The summed E-state index contributed by atoms with van der Waals surface area (Å²) in [4.78, 5) is 35.1. The van der Waals surface area contributed by atoms with Crippen molar-refractivity contribution in [1.29, 1.82) is 0 Å². The number of amides is 1. The highest BCUT2D eigenvalue weighted by Gasteiger charge is 2.14. The van der Waals surface area contributed by atoms with Gasteiger partial charge in [-0.05, 0) is 37.3 Å². The van der Waals surface area contributed by atoms with Crippen LogP contribution in [0.25, 0.3) is 0 Å². The fraction of sp³-hybridized carbons (Fsp3) is 0.118. The van der Waals surface area contributed by atoms with Crippen molar-refractivity contribution < 1.29 is 19.1 Å². The molecule has 0 saturated carbocycles. The van der Waals surface area contributed by atoms with Gasteiger partial charge in [0.05, 0.1) is 10.6 Å². The van der Waals surface area contributed by atoms with E-state index in [2.05, 4.69) is 5.32 Å². The predicted molar refractivity (Wildman–Crippen MR) is 91.8 cm³/mol. The van der Waals surface area contributed by atoms with Crippen molar-refractivity contribution in [2.75, 3.05) is 11.9 Å². The third-order valence-electron chi connectivity index (χ3n) is 3.04. The Morgan fingerprint density at radius 2 is 1.83 bits per heavy atom. The van der Waals surface area contributed by atoms with Gasteiger partial charge >= 0.3 is 5.97 Å². The van der Waals surface area contributed by atoms with Crippen molar-refractivity contribution in [1.82, 2.24) is 0 Å². The van der Waals surface area contributed by atoms with E-state index in [1.54, 1.807) is 18.2 Å². The number of esters is 1. The van der Waals surface area contributed by atoms with Crippen molar-refractivity contribution in [3.63, 3.8) is 0 Å². The fourth-order valence-electron chi connectivity index (χ4n) is 1.88. The highest BCUT2D eigenvalue weighted by atomic mass is 35.5. The summed E-state index contributed by atoms with van der Waals surface area (Å²) in [5, 5.41) is 3.05. The second-order valence-electron chi connectivity index (χ2n) is 4.89. The molecule has 2 aromatic carbocycles. The van der Waals surface area contributed by atoms with Gasteiger partial charge in [0, 0.05) is 16.3 Å². The standard InChI is InChI=1S/C17H13Cl2NO4/c1-10(21)11-3-2-4-13(7-11)20-16(22)9-24-17(23)14-8-12(18)5-6-15(14)19/h2-8H,9H2,1H3,(H,20,22). The van der Waals surface area contributed by atoms with E-state index in [-0.39, 0.29) is 16.4 Å². The minimum Gasteiger partial charge on any atom is -0.452 e. The van der Waals surface area contributed by atoms with Crippen LogP contribution in [0.4, 0.5) is 5.69 Å². The van der Waals surface area contributed by atoms with Crippen LogP contribution in [0, 0.1) is 0 Å². The summed E-state index contributed by atoms with van der Waals surface area (Å²) >= 11 is 11.7. The molecular formula is C17H13Cl2NO4. The van der Waals surface area contributed by atoms with E-state index < -0.39 is 18.5 Å². The number of nitrogens with one attached hydrogen (secondary N) is 1. The summed E-state index contributed by atoms with van der Waals surface area (Å²) in [7, 11) is 0. The van der Waals surface area contributed by atoms with Crippen LogP contribution < -0.4 is 5.32 Å². The molecular weight excluding hydrogens is 353 g/mol. The van der Waals surface area contributed by atoms with Gasteiger partial charge in [-0.2, -0.15) is 0 Å². The lowest BCUT2D eigenvalue weighted by Crippen LogP contribution is -2.21. The van der Waals surface area contributed by atoms with E-state index in [0.29, 0.717) is 16.3 Å². The number of carbonyl (C=O) groups is 3. The van der Waals surface area contributed by atoms with Gasteiger partial charge in [0.15, 0.2) is 12.4 Å². The SMILES string of the molecule is CC(=O)c1cccc(NC(=O)COC(=O)c2cc(Cl)ccc2Cl)c1. The van der Waals surface area contributed by atoms with E-state index in [0.717, 1.165) is 0 Å². The Hall–Kier alpha value is -2.37. The summed E-state index contributed by atoms with van der Waals surface area (Å²) < 4.78 is 4.91. The van der Waals surface area contributed by atoms with Crippen molar-refractivity contribution in [3.05, 3.63) is 63.6 Å². The number of Topliss-reactive ketones (excluding diaryl/α,β-unsaturated/α-hetero) is 1. The monoisotopic (exact) mass is 365 g/mol. The Kier molecular flexibility index (Phi) is 5.95. The quantitative estimate of drug-likeness (QED) is 0.642. The lowest BCUT2D eigenvalue weighted by Gasteiger charge is -2.08. The van der Waals surface area contributed by atoms with Crippen molar-refractivity contribution in [3.8, 4) is 0 Å². The van der Waals surface area contributed by atoms with Gasteiger partial charge in [-0.1, -0.05) is 35.3 Å². The van der Waals surface area contributed by atoms with E-state index in [9.17, 15) is 14.4 Å². The molecule has 1 amide bonds. The largest absolute Gasteiger partial charge is 0.452 e. The van der Waals surface area contributed by atoms with E-state index in [4.69, 9.17) is 27.9 Å². The number of carbonyl (C=O) groups excluding carboxylic acids is 3. The van der Waals surface area contributed by atoms with Crippen molar-refractivity contribution in [2.24, 2.45) is 0 Å². The first kappa shape index (κ1) is 18.0. The topological polar surface area (TPSA) is 72.5 Å². The van der Waals surface area contributed by atoms with Crippen LogP contribution in [0.3, 0.4) is 0 Å². The first-order valence-electron chi connectivity index (χ1n) is 6.90. The zero-order valence-electron chi connectivity index (χ0n) is 12.6. The number of rotatable bonds is 5. The van der Waals surface area contributed by atoms with Crippen LogP contribution in [0.2, 0.25) is 10.0 Å². The maximum absolute atomic E-state index is 11.9. The Morgan fingerprint density at radius 1 is 1.08 bits per heavy atom. The second-order valence-corrected chi connectivity index (χ2v) is 5.73. The summed E-state index contributed by atoms with van der Waals surface area (Å²) in [6.07, 6.45) is 0. The molecule has 2 aromatic rings. The van der Waals surface area contributed by atoms with Crippen molar-refractivity contribution in [2.45, 2.75) is 6.92 Å². The van der Waals surface area contributed by atoms with Gasteiger partial charge in [-0.15, -0.1) is 0 Å². The number of hydrogen-bond acceptors (Lipinski definition) is 4. The molecule has 1 N–H and O–H groups in total. The molecule has 0 heterocycles. The van der Waals surface area contributed by atoms with Crippen LogP contribution in [-0.2, 0) is 9.53 Å². The van der Waals surface area contributed by atoms with Crippen LogP contribution in [-0.4, -0.2) is 24.3 Å². The molecule has 24 heavy (non-hydrogen) atoms. The molecule has 0 spiro atoms. The maximum atomic E-state index is 11.9. The molecule has 2 rings (SSSR count). The molecule has 0 saturated heterocycles. The molecule has 0 unspecified atom stereocenters. The average molecular weight is 366 g/mol. The van der Waals surface area contributed by atoms with Crippen LogP contribution in [0.1, 0.15) is 27.6 Å². The summed E-state index contributed by atoms with van der Waals surface area (Å²) in [6, 6.07) is 10.8. The molecule has 0 bridgehead atoms. The fourth-order valence-corrected chi connectivity index (χ4v) is 2.24. The molecule has 5 nitrogen and oxygen atoms in total.